The van der Waals surface area contributed by atoms with Gasteiger partial charge in [0.05, 0.1) is 5.57 Å². The molecule has 0 unspecified atom stereocenters. The van der Waals surface area contributed by atoms with Crippen LogP contribution in [0.1, 0.15) is 31.7 Å². The molecule has 1 heteroatoms. The number of ketones is 1. The van der Waals surface area contributed by atoms with Gasteiger partial charge in [0, 0.05) is 12.0 Å². The number of carbonyl (C=O) groups is 1. The number of rotatable bonds is 0. The Morgan fingerprint density at radius 3 is 2.50 bits per heavy atom. The van der Waals surface area contributed by atoms with Crippen LogP contribution in [0.5, 0.6) is 0 Å². The van der Waals surface area contributed by atoms with Crippen molar-refractivity contribution in [2.24, 2.45) is 0 Å². The van der Waals surface area contributed by atoms with Gasteiger partial charge in [-0.05, 0) is 31.9 Å². The van der Waals surface area contributed by atoms with E-state index < -0.39 is 0 Å². The van der Waals surface area contributed by atoms with Gasteiger partial charge in [0.25, 0.3) is 0 Å². The summed E-state index contributed by atoms with van der Waals surface area (Å²) in [5, 5.41) is 0. The minimum absolute atomic E-state index is 0.201. The second-order valence-corrected chi connectivity index (χ2v) is 4.05. The van der Waals surface area contributed by atoms with Gasteiger partial charge in [0.1, 0.15) is 0 Å². The summed E-state index contributed by atoms with van der Waals surface area (Å²) in [6.45, 7) is 2.01. The van der Waals surface area contributed by atoms with Crippen molar-refractivity contribution in [2.75, 3.05) is 0 Å². The minimum atomic E-state index is 0.201. The van der Waals surface area contributed by atoms with Gasteiger partial charge in [-0.1, -0.05) is 35.6 Å². The monoisotopic (exact) mass is 210 g/mol. The van der Waals surface area contributed by atoms with E-state index in [2.05, 4.69) is 11.8 Å². The average Bonchev–Trinajstić information content (AvgIpc) is 2.30. The summed E-state index contributed by atoms with van der Waals surface area (Å²) in [7, 11) is 0. The Balaban J connectivity index is 2.28. The molecule has 0 bridgehead atoms. The maximum absolute atomic E-state index is 11.7. The molecule has 0 aromatic heterocycles. The first-order valence-corrected chi connectivity index (χ1v) is 5.57. The van der Waals surface area contributed by atoms with Crippen molar-refractivity contribution in [3.8, 4) is 11.8 Å². The number of Topliss-reactive ketones (excluding diaryl/α,β-unsaturated/α-hetero) is 1. The van der Waals surface area contributed by atoms with Crippen molar-refractivity contribution >= 4 is 5.78 Å². The molecule has 80 valence electrons. The van der Waals surface area contributed by atoms with Crippen LogP contribution in [-0.2, 0) is 4.79 Å². The predicted molar refractivity (Wildman–Crippen MR) is 64.9 cm³/mol. The van der Waals surface area contributed by atoms with Crippen molar-refractivity contribution < 1.29 is 4.79 Å². The molecule has 2 rings (SSSR count). The molecule has 0 spiro atoms. The molecule has 1 aromatic rings. The van der Waals surface area contributed by atoms with E-state index >= 15 is 0 Å². The molecule has 0 heterocycles. The summed E-state index contributed by atoms with van der Waals surface area (Å²) in [6.07, 6.45) is 2.63. The summed E-state index contributed by atoms with van der Waals surface area (Å²) in [6, 6.07) is 9.77. The van der Waals surface area contributed by atoms with Gasteiger partial charge < -0.3 is 0 Å². The van der Waals surface area contributed by atoms with Crippen LogP contribution >= 0.6 is 0 Å². The summed E-state index contributed by atoms with van der Waals surface area (Å²) in [5.74, 6) is 6.27. The lowest BCUT2D eigenvalue weighted by atomic mass is 9.92. The van der Waals surface area contributed by atoms with Crippen LogP contribution in [0.4, 0.5) is 0 Å². The smallest absolute Gasteiger partial charge is 0.171 e. The van der Waals surface area contributed by atoms with Crippen LogP contribution in [0.2, 0.25) is 0 Å². The minimum Gasteiger partial charge on any atom is -0.293 e. The zero-order valence-corrected chi connectivity index (χ0v) is 9.42. The highest BCUT2D eigenvalue weighted by Crippen LogP contribution is 2.20. The molecule has 0 amide bonds. The lowest BCUT2D eigenvalue weighted by molar-refractivity contribution is -0.115. The maximum Gasteiger partial charge on any atom is 0.171 e. The molecule has 0 radical (unpaired) electrons. The number of allylic oxidation sites excluding steroid dienone is 2. The Morgan fingerprint density at radius 1 is 1.06 bits per heavy atom. The fraction of sp³-hybridized carbons (Fsp3) is 0.267. The lowest BCUT2D eigenvalue weighted by Gasteiger charge is -2.11. The highest BCUT2D eigenvalue weighted by molar-refractivity contribution is 6.01. The first kappa shape index (κ1) is 10.7. The number of benzene rings is 1. The highest BCUT2D eigenvalue weighted by Gasteiger charge is 2.15. The number of hydrogen-bond acceptors (Lipinski definition) is 1. The fourth-order valence-corrected chi connectivity index (χ4v) is 1.83. The summed E-state index contributed by atoms with van der Waals surface area (Å²) >= 11 is 0. The molecule has 0 atom stereocenters. The van der Waals surface area contributed by atoms with E-state index in [0.29, 0.717) is 6.42 Å². The van der Waals surface area contributed by atoms with Crippen molar-refractivity contribution in [1.29, 1.82) is 0 Å². The zero-order chi connectivity index (χ0) is 11.4. The maximum atomic E-state index is 11.7. The van der Waals surface area contributed by atoms with Crippen LogP contribution in [-0.4, -0.2) is 5.78 Å². The van der Waals surface area contributed by atoms with E-state index in [9.17, 15) is 4.79 Å². The number of carbonyl (C=O) groups excluding carboxylic acids is 1. The third-order valence-electron chi connectivity index (χ3n) is 2.77. The highest BCUT2D eigenvalue weighted by atomic mass is 16.1. The Hall–Kier alpha value is -1.81. The first-order valence-electron chi connectivity index (χ1n) is 5.57. The van der Waals surface area contributed by atoms with Gasteiger partial charge in [-0.25, -0.2) is 0 Å². The van der Waals surface area contributed by atoms with E-state index in [1.165, 1.54) is 0 Å². The molecular formula is C15H14O. The number of hydrogen-bond donors (Lipinski definition) is 0. The predicted octanol–water partition coefficient (Wildman–Crippen LogP) is 3.11. The average molecular weight is 210 g/mol. The quantitative estimate of drug-likeness (QED) is 0.601. The van der Waals surface area contributed by atoms with E-state index in [1.54, 1.807) is 0 Å². The van der Waals surface area contributed by atoms with Crippen LogP contribution in [0.15, 0.2) is 41.5 Å². The van der Waals surface area contributed by atoms with E-state index in [-0.39, 0.29) is 5.78 Å². The molecule has 0 N–H and O–H groups in total. The molecule has 1 aromatic carbocycles. The molecule has 16 heavy (non-hydrogen) atoms. The Morgan fingerprint density at radius 2 is 1.81 bits per heavy atom. The van der Waals surface area contributed by atoms with Crippen molar-refractivity contribution in [2.45, 2.75) is 26.2 Å². The molecule has 0 saturated carbocycles. The Labute approximate surface area is 96.2 Å². The second-order valence-electron chi connectivity index (χ2n) is 4.05. The SMILES string of the molecule is CC1=C(C#Cc2ccccc2)C(=O)CCC1. The van der Waals surface area contributed by atoms with Gasteiger partial charge >= 0.3 is 0 Å². The third kappa shape index (κ3) is 2.41. The summed E-state index contributed by atoms with van der Waals surface area (Å²) < 4.78 is 0. The lowest BCUT2D eigenvalue weighted by Crippen LogP contribution is -2.08. The standard InChI is InChI=1S/C15H14O/c1-12-6-5-9-15(16)14(12)11-10-13-7-3-2-4-8-13/h2-4,7-8H,5-6,9H2,1H3. The summed E-state index contributed by atoms with van der Waals surface area (Å²) in [4.78, 5) is 11.7. The largest absolute Gasteiger partial charge is 0.293 e. The van der Waals surface area contributed by atoms with Gasteiger partial charge in [-0.2, -0.15) is 0 Å². The topological polar surface area (TPSA) is 17.1 Å². The molecular weight excluding hydrogens is 196 g/mol. The normalized spacial score (nSPS) is 15.7. The van der Waals surface area contributed by atoms with Crippen molar-refractivity contribution in [3.05, 3.63) is 47.0 Å². The van der Waals surface area contributed by atoms with Crippen LogP contribution in [0, 0.1) is 11.8 Å². The molecule has 1 nitrogen and oxygen atoms in total. The molecule has 0 aliphatic heterocycles. The van der Waals surface area contributed by atoms with Crippen LogP contribution in [0.25, 0.3) is 0 Å². The van der Waals surface area contributed by atoms with E-state index in [4.69, 9.17) is 0 Å². The summed E-state index contributed by atoms with van der Waals surface area (Å²) in [5.41, 5.74) is 2.83. The first-order chi connectivity index (χ1) is 7.77. The fourth-order valence-electron chi connectivity index (χ4n) is 1.83. The Kier molecular flexibility index (Phi) is 3.22. The van der Waals surface area contributed by atoms with Gasteiger partial charge in [-0.3, -0.25) is 4.79 Å². The van der Waals surface area contributed by atoms with Crippen LogP contribution < -0.4 is 0 Å². The zero-order valence-electron chi connectivity index (χ0n) is 9.42. The van der Waals surface area contributed by atoms with E-state index in [1.807, 2.05) is 37.3 Å². The Bertz CT molecular complexity index is 483. The molecule has 1 aliphatic carbocycles. The van der Waals surface area contributed by atoms with Crippen molar-refractivity contribution in [3.63, 3.8) is 0 Å². The molecule has 0 saturated heterocycles. The van der Waals surface area contributed by atoms with Gasteiger partial charge in [0.2, 0.25) is 0 Å². The second kappa shape index (κ2) is 4.81. The van der Waals surface area contributed by atoms with Crippen LogP contribution in [0.3, 0.4) is 0 Å². The van der Waals surface area contributed by atoms with E-state index in [0.717, 1.165) is 29.6 Å². The van der Waals surface area contributed by atoms with Gasteiger partial charge in [0.15, 0.2) is 5.78 Å². The van der Waals surface area contributed by atoms with Gasteiger partial charge in [-0.15, -0.1) is 0 Å². The molecule has 0 fully saturated rings. The van der Waals surface area contributed by atoms with Crippen molar-refractivity contribution in [1.82, 2.24) is 0 Å². The third-order valence-corrected chi connectivity index (χ3v) is 2.77. The molecule has 1 aliphatic rings.